The quantitative estimate of drug-likeness (QED) is 0.172. The number of carbonyl (C=O) groups excluding carboxylic acids is 3. The molecule has 12 heteroatoms. The molecule has 1 rings (SSSR count). The fourth-order valence-corrected chi connectivity index (χ4v) is 3.72. The van der Waals surface area contributed by atoms with E-state index in [-0.39, 0.29) is 23.8 Å². The molecule has 0 aliphatic rings. The standard InChI is InChI=1S/C22H34N4O6S2/c1-12(2)18(21(30)25-17(11-33)22(31)32)26-20(29)16(8-9-34-3)24-19(28)15(23)10-13-4-6-14(27)7-5-13/h4-7,12,15-18,27,33H,8-11,23H2,1-3H3,(H,24,28)(H,25,30)(H,26,29)(H,31,32). The first-order valence-electron chi connectivity index (χ1n) is 10.8. The summed E-state index contributed by atoms with van der Waals surface area (Å²) in [4.78, 5) is 49.5. The Bertz CT molecular complexity index is 837. The Labute approximate surface area is 209 Å². The van der Waals surface area contributed by atoms with Crippen molar-refractivity contribution in [2.75, 3.05) is 17.8 Å². The lowest BCUT2D eigenvalue weighted by molar-refractivity contribution is -0.142. The highest BCUT2D eigenvalue weighted by Gasteiger charge is 2.31. The highest BCUT2D eigenvalue weighted by molar-refractivity contribution is 7.98. The lowest BCUT2D eigenvalue weighted by Crippen LogP contribution is -2.58. The number of carboxylic acids is 1. The average molecular weight is 515 g/mol. The minimum absolute atomic E-state index is 0.100. The third-order valence-corrected chi connectivity index (χ3v) is 6.03. The van der Waals surface area contributed by atoms with Crippen molar-refractivity contribution in [3.05, 3.63) is 29.8 Å². The molecule has 190 valence electrons. The average Bonchev–Trinajstić information content (AvgIpc) is 2.78. The number of rotatable bonds is 14. The van der Waals surface area contributed by atoms with Crippen LogP contribution in [0.15, 0.2) is 24.3 Å². The number of thioether (sulfide) groups is 1. The van der Waals surface area contributed by atoms with Gasteiger partial charge in [0.15, 0.2) is 0 Å². The Morgan fingerprint density at radius 3 is 2.09 bits per heavy atom. The Balaban J connectivity index is 2.88. The summed E-state index contributed by atoms with van der Waals surface area (Å²) in [6.45, 7) is 3.42. The molecule has 0 spiro atoms. The van der Waals surface area contributed by atoms with Crippen LogP contribution in [0.1, 0.15) is 25.8 Å². The van der Waals surface area contributed by atoms with Gasteiger partial charge in [0.25, 0.3) is 0 Å². The summed E-state index contributed by atoms with van der Waals surface area (Å²) in [7, 11) is 0. The molecule has 0 saturated carbocycles. The van der Waals surface area contributed by atoms with Crippen LogP contribution in [0, 0.1) is 5.92 Å². The van der Waals surface area contributed by atoms with E-state index in [0.29, 0.717) is 12.2 Å². The van der Waals surface area contributed by atoms with Gasteiger partial charge in [0.2, 0.25) is 17.7 Å². The van der Waals surface area contributed by atoms with E-state index in [4.69, 9.17) is 10.8 Å². The van der Waals surface area contributed by atoms with Crippen molar-refractivity contribution in [2.45, 2.75) is 50.9 Å². The largest absolute Gasteiger partial charge is 0.508 e. The Kier molecular flexibility index (Phi) is 12.8. The third-order valence-electron chi connectivity index (χ3n) is 5.02. The lowest BCUT2D eigenvalue weighted by Gasteiger charge is -2.27. The van der Waals surface area contributed by atoms with E-state index in [1.807, 2.05) is 6.26 Å². The molecular formula is C22H34N4O6S2. The van der Waals surface area contributed by atoms with Crippen LogP contribution in [-0.2, 0) is 25.6 Å². The predicted molar refractivity (Wildman–Crippen MR) is 135 cm³/mol. The molecule has 0 saturated heterocycles. The zero-order valence-electron chi connectivity index (χ0n) is 19.5. The number of carbonyl (C=O) groups is 4. The molecule has 3 amide bonds. The van der Waals surface area contributed by atoms with E-state index < -0.39 is 47.9 Å². The number of phenolic OH excluding ortho intramolecular Hbond substituents is 1. The van der Waals surface area contributed by atoms with Crippen molar-refractivity contribution in [2.24, 2.45) is 11.7 Å². The number of nitrogens with one attached hydrogen (secondary N) is 3. The molecule has 0 bridgehead atoms. The van der Waals surface area contributed by atoms with E-state index in [0.717, 1.165) is 5.56 Å². The van der Waals surface area contributed by atoms with Crippen LogP contribution >= 0.6 is 24.4 Å². The maximum Gasteiger partial charge on any atom is 0.327 e. The van der Waals surface area contributed by atoms with Gasteiger partial charge in [-0.25, -0.2) is 4.79 Å². The molecule has 0 fully saturated rings. The van der Waals surface area contributed by atoms with Gasteiger partial charge in [-0.05, 0) is 48.5 Å². The van der Waals surface area contributed by atoms with E-state index in [1.54, 1.807) is 26.0 Å². The van der Waals surface area contributed by atoms with Gasteiger partial charge in [-0.1, -0.05) is 26.0 Å². The van der Waals surface area contributed by atoms with Gasteiger partial charge in [-0.3, -0.25) is 14.4 Å². The second kappa shape index (κ2) is 14.7. The van der Waals surface area contributed by atoms with E-state index in [1.165, 1.54) is 23.9 Å². The smallest absolute Gasteiger partial charge is 0.327 e. The first-order valence-corrected chi connectivity index (χ1v) is 12.8. The molecule has 4 atom stereocenters. The van der Waals surface area contributed by atoms with Crippen LogP contribution < -0.4 is 21.7 Å². The molecule has 1 aromatic rings. The van der Waals surface area contributed by atoms with E-state index >= 15 is 0 Å². The second-order valence-corrected chi connectivity index (χ2v) is 9.48. The van der Waals surface area contributed by atoms with Crippen molar-refractivity contribution < 1.29 is 29.4 Å². The van der Waals surface area contributed by atoms with Crippen molar-refractivity contribution in [3.8, 4) is 5.75 Å². The third kappa shape index (κ3) is 9.82. The summed E-state index contributed by atoms with van der Waals surface area (Å²) in [5, 5.41) is 26.2. The first kappa shape index (κ1) is 29.6. The molecule has 34 heavy (non-hydrogen) atoms. The fraction of sp³-hybridized carbons (Fsp3) is 0.545. The van der Waals surface area contributed by atoms with E-state index in [2.05, 4.69) is 28.6 Å². The van der Waals surface area contributed by atoms with Crippen LogP contribution in [0.3, 0.4) is 0 Å². The molecule has 1 aromatic carbocycles. The number of amides is 3. The molecule has 0 aromatic heterocycles. The number of carboxylic acid groups (broad SMARTS) is 1. The zero-order valence-corrected chi connectivity index (χ0v) is 21.2. The molecule has 0 radical (unpaired) electrons. The van der Waals surface area contributed by atoms with Gasteiger partial charge in [-0.2, -0.15) is 24.4 Å². The van der Waals surface area contributed by atoms with Crippen molar-refractivity contribution >= 4 is 48.1 Å². The molecule has 7 N–H and O–H groups in total. The highest BCUT2D eigenvalue weighted by atomic mass is 32.2. The van der Waals surface area contributed by atoms with Crippen LogP contribution in [0.2, 0.25) is 0 Å². The molecule has 10 nitrogen and oxygen atoms in total. The number of phenols is 1. The van der Waals surface area contributed by atoms with Gasteiger partial charge in [-0.15, -0.1) is 0 Å². The minimum atomic E-state index is -1.23. The molecule has 4 unspecified atom stereocenters. The SMILES string of the molecule is CSCCC(NC(=O)C(N)Cc1ccc(O)cc1)C(=O)NC(C(=O)NC(CS)C(=O)O)C(C)C. The fourth-order valence-electron chi connectivity index (χ4n) is 3.00. The summed E-state index contributed by atoms with van der Waals surface area (Å²) in [6, 6.07) is 2.24. The van der Waals surface area contributed by atoms with Crippen LogP contribution in [0.25, 0.3) is 0 Å². The first-order chi connectivity index (χ1) is 16.0. The van der Waals surface area contributed by atoms with E-state index in [9.17, 15) is 24.3 Å². The van der Waals surface area contributed by atoms with Gasteiger partial charge < -0.3 is 31.9 Å². The minimum Gasteiger partial charge on any atom is -0.508 e. The molecule has 0 aliphatic carbocycles. The van der Waals surface area contributed by atoms with Crippen molar-refractivity contribution in [1.29, 1.82) is 0 Å². The van der Waals surface area contributed by atoms with Crippen molar-refractivity contribution in [3.63, 3.8) is 0 Å². The van der Waals surface area contributed by atoms with Crippen LogP contribution in [0.5, 0.6) is 5.75 Å². The number of benzene rings is 1. The summed E-state index contributed by atoms with van der Waals surface area (Å²) in [5.74, 6) is -2.74. The number of hydrogen-bond acceptors (Lipinski definition) is 8. The summed E-state index contributed by atoms with van der Waals surface area (Å²) < 4.78 is 0. The Morgan fingerprint density at radius 2 is 1.59 bits per heavy atom. The Morgan fingerprint density at radius 1 is 1.00 bits per heavy atom. The maximum absolute atomic E-state index is 13.0. The van der Waals surface area contributed by atoms with Gasteiger partial charge >= 0.3 is 5.97 Å². The van der Waals surface area contributed by atoms with Crippen molar-refractivity contribution in [1.82, 2.24) is 16.0 Å². The molecular weight excluding hydrogens is 480 g/mol. The summed E-state index contributed by atoms with van der Waals surface area (Å²) in [5.41, 5.74) is 6.77. The molecule has 0 heterocycles. The van der Waals surface area contributed by atoms with Crippen LogP contribution in [-0.4, -0.2) is 75.8 Å². The van der Waals surface area contributed by atoms with Gasteiger partial charge in [0.1, 0.15) is 23.9 Å². The number of hydrogen-bond donors (Lipinski definition) is 7. The topological polar surface area (TPSA) is 171 Å². The Hall–Kier alpha value is -2.44. The van der Waals surface area contributed by atoms with Gasteiger partial charge in [0.05, 0.1) is 6.04 Å². The van der Waals surface area contributed by atoms with Gasteiger partial charge in [0, 0.05) is 5.75 Å². The monoisotopic (exact) mass is 514 g/mol. The summed E-state index contributed by atoms with van der Waals surface area (Å²) >= 11 is 5.42. The highest BCUT2D eigenvalue weighted by Crippen LogP contribution is 2.11. The maximum atomic E-state index is 13.0. The van der Waals surface area contributed by atoms with Crippen LogP contribution in [0.4, 0.5) is 0 Å². The molecule has 0 aliphatic heterocycles. The zero-order chi connectivity index (χ0) is 25.8. The normalized spacial score (nSPS) is 14.5. The predicted octanol–water partition coefficient (Wildman–Crippen LogP) is 0.140. The number of aromatic hydroxyl groups is 1. The number of nitrogens with two attached hydrogens (primary N) is 1. The second-order valence-electron chi connectivity index (χ2n) is 8.13. The summed E-state index contributed by atoms with van der Waals surface area (Å²) in [6.07, 6.45) is 2.38. The number of aliphatic carboxylic acids is 1. The number of thiol groups is 1. The lowest BCUT2D eigenvalue weighted by atomic mass is 10.0.